The molecule has 29 heavy (non-hydrogen) atoms. The summed E-state index contributed by atoms with van der Waals surface area (Å²) in [6, 6.07) is 5.89. The SMILES string of the molecule is CCS(=O)(=O)N1CCC(NC(=O)C2(c3ccc4c(c3)OCCO4)CCCC2)CC1. The van der Waals surface area contributed by atoms with Crippen molar-refractivity contribution in [2.45, 2.75) is 56.9 Å². The Morgan fingerprint density at radius 1 is 1.14 bits per heavy atom. The first-order valence-electron chi connectivity index (χ1n) is 10.6. The number of nitrogens with zero attached hydrogens (tertiary/aromatic N) is 1. The monoisotopic (exact) mass is 422 g/mol. The van der Waals surface area contributed by atoms with E-state index in [4.69, 9.17) is 9.47 Å². The van der Waals surface area contributed by atoms with Crippen molar-refractivity contribution in [3.8, 4) is 11.5 Å². The molecule has 2 fully saturated rings. The van der Waals surface area contributed by atoms with Crippen molar-refractivity contribution in [2.75, 3.05) is 32.1 Å². The highest BCUT2D eigenvalue weighted by Crippen LogP contribution is 2.44. The molecule has 0 spiro atoms. The van der Waals surface area contributed by atoms with E-state index in [1.807, 2.05) is 18.2 Å². The zero-order valence-electron chi connectivity index (χ0n) is 17.0. The number of sulfonamides is 1. The largest absolute Gasteiger partial charge is 0.486 e. The van der Waals surface area contributed by atoms with Crippen molar-refractivity contribution in [3.05, 3.63) is 23.8 Å². The summed E-state index contributed by atoms with van der Waals surface area (Å²) in [5, 5.41) is 3.24. The van der Waals surface area contributed by atoms with E-state index in [1.54, 1.807) is 11.2 Å². The maximum Gasteiger partial charge on any atom is 0.230 e. The van der Waals surface area contributed by atoms with Gasteiger partial charge in [0.15, 0.2) is 11.5 Å². The third kappa shape index (κ3) is 3.97. The number of benzene rings is 1. The van der Waals surface area contributed by atoms with Gasteiger partial charge in [-0.2, -0.15) is 0 Å². The van der Waals surface area contributed by atoms with E-state index in [-0.39, 0.29) is 17.7 Å². The first-order valence-corrected chi connectivity index (χ1v) is 12.2. The van der Waals surface area contributed by atoms with Crippen LogP contribution in [0.5, 0.6) is 11.5 Å². The smallest absolute Gasteiger partial charge is 0.230 e. The highest BCUT2D eigenvalue weighted by Gasteiger charge is 2.44. The molecule has 2 heterocycles. The van der Waals surface area contributed by atoms with Crippen LogP contribution >= 0.6 is 0 Å². The summed E-state index contributed by atoms with van der Waals surface area (Å²) < 4.78 is 37.0. The van der Waals surface area contributed by atoms with Gasteiger partial charge in [-0.1, -0.05) is 18.9 Å². The van der Waals surface area contributed by atoms with Gasteiger partial charge in [0.05, 0.1) is 11.2 Å². The fourth-order valence-electron chi connectivity index (χ4n) is 4.75. The molecule has 3 aliphatic rings. The van der Waals surface area contributed by atoms with Crippen LogP contribution in [-0.4, -0.2) is 56.7 Å². The van der Waals surface area contributed by atoms with Crippen molar-refractivity contribution >= 4 is 15.9 Å². The van der Waals surface area contributed by atoms with E-state index in [9.17, 15) is 13.2 Å². The van der Waals surface area contributed by atoms with Gasteiger partial charge in [0.25, 0.3) is 0 Å². The van der Waals surface area contributed by atoms with E-state index in [2.05, 4.69) is 5.32 Å². The number of carbonyl (C=O) groups excluding carboxylic acids is 1. The minimum atomic E-state index is -3.16. The first kappa shape index (κ1) is 20.5. The molecule has 160 valence electrons. The van der Waals surface area contributed by atoms with Crippen LogP contribution in [0.1, 0.15) is 51.0 Å². The quantitative estimate of drug-likeness (QED) is 0.786. The van der Waals surface area contributed by atoms with Gasteiger partial charge in [-0.3, -0.25) is 4.79 Å². The normalized spacial score (nSPS) is 22.4. The van der Waals surface area contributed by atoms with Gasteiger partial charge < -0.3 is 14.8 Å². The molecule has 8 heteroatoms. The fourth-order valence-corrected chi connectivity index (χ4v) is 5.88. The lowest BCUT2D eigenvalue weighted by atomic mass is 9.77. The molecular weight excluding hydrogens is 392 g/mol. The molecule has 0 bridgehead atoms. The Kier molecular flexibility index (Phi) is 5.75. The first-order chi connectivity index (χ1) is 13.9. The van der Waals surface area contributed by atoms with E-state index >= 15 is 0 Å². The maximum atomic E-state index is 13.4. The molecule has 2 aliphatic heterocycles. The van der Waals surface area contributed by atoms with Gasteiger partial charge in [0.1, 0.15) is 13.2 Å². The van der Waals surface area contributed by atoms with Crippen LogP contribution in [0.15, 0.2) is 18.2 Å². The number of nitrogens with one attached hydrogen (secondary N) is 1. The predicted octanol–water partition coefficient (Wildman–Crippen LogP) is 2.20. The Morgan fingerprint density at radius 2 is 1.79 bits per heavy atom. The Hall–Kier alpha value is -1.80. The predicted molar refractivity (Wildman–Crippen MR) is 110 cm³/mol. The average molecular weight is 423 g/mol. The molecule has 1 aromatic carbocycles. The lowest BCUT2D eigenvalue weighted by Gasteiger charge is -2.35. The van der Waals surface area contributed by atoms with Gasteiger partial charge in [-0.15, -0.1) is 0 Å². The molecule has 0 atom stereocenters. The summed E-state index contributed by atoms with van der Waals surface area (Å²) in [5.74, 6) is 1.63. The second kappa shape index (κ2) is 8.14. The Labute approximate surface area is 172 Å². The molecule has 1 amide bonds. The third-order valence-electron chi connectivity index (χ3n) is 6.53. The highest BCUT2D eigenvalue weighted by atomic mass is 32.2. The second-order valence-corrected chi connectivity index (χ2v) is 10.5. The summed E-state index contributed by atoms with van der Waals surface area (Å²) in [6.45, 7) is 3.68. The number of hydrogen-bond donors (Lipinski definition) is 1. The highest BCUT2D eigenvalue weighted by molar-refractivity contribution is 7.89. The third-order valence-corrected chi connectivity index (χ3v) is 8.42. The Balaban J connectivity index is 1.47. The number of amides is 1. The summed E-state index contributed by atoms with van der Waals surface area (Å²) in [5.41, 5.74) is 0.449. The molecule has 7 nitrogen and oxygen atoms in total. The van der Waals surface area contributed by atoms with Gasteiger partial charge >= 0.3 is 0 Å². The fraction of sp³-hybridized carbons (Fsp3) is 0.667. The standard InChI is InChI=1S/C21H30N2O5S/c1-2-29(25,26)23-11-7-17(8-12-23)22-20(24)21(9-3-4-10-21)16-5-6-18-19(15-16)28-14-13-27-18/h5-6,15,17H,2-4,7-14H2,1H3,(H,22,24). The maximum absolute atomic E-state index is 13.4. The summed E-state index contributed by atoms with van der Waals surface area (Å²) in [6.07, 6.45) is 5.00. The van der Waals surface area contributed by atoms with Crippen molar-refractivity contribution < 1.29 is 22.7 Å². The number of carbonyl (C=O) groups is 1. The van der Waals surface area contributed by atoms with Crippen LogP contribution in [0.3, 0.4) is 0 Å². The summed E-state index contributed by atoms with van der Waals surface area (Å²) in [4.78, 5) is 13.4. The van der Waals surface area contributed by atoms with Crippen LogP contribution in [0.25, 0.3) is 0 Å². The molecule has 4 rings (SSSR count). The zero-order chi connectivity index (χ0) is 20.5. The van der Waals surface area contributed by atoms with Crippen molar-refractivity contribution in [1.29, 1.82) is 0 Å². The van der Waals surface area contributed by atoms with Crippen LogP contribution in [-0.2, 0) is 20.2 Å². The molecule has 1 N–H and O–H groups in total. The van der Waals surface area contributed by atoms with Gasteiger partial charge in [-0.05, 0) is 50.3 Å². The minimum absolute atomic E-state index is 0.0143. The number of ether oxygens (including phenoxy) is 2. The van der Waals surface area contributed by atoms with Gasteiger partial charge in [-0.25, -0.2) is 12.7 Å². The minimum Gasteiger partial charge on any atom is -0.486 e. The number of fused-ring (bicyclic) bond motifs is 1. The van der Waals surface area contributed by atoms with Gasteiger partial charge in [0.2, 0.25) is 15.9 Å². The number of rotatable bonds is 5. The summed E-state index contributed by atoms with van der Waals surface area (Å²) >= 11 is 0. The molecule has 0 unspecified atom stereocenters. The van der Waals surface area contributed by atoms with Crippen LogP contribution in [0.4, 0.5) is 0 Å². The van der Waals surface area contributed by atoms with Crippen LogP contribution in [0.2, 0.25) is 0 Å². The molecule has 1 aliphatic carbocycles. The van der Waals surface area contributed by atoms with E-state index < -0.39 is 15.4 Å². The molecule has 0 radical (unpaired) electrons. The molecule has 0 aromatic heterocycles. The molecule has 1 aromatic rings. The second-order valence-electron chi connectivity index (χ2n) is 8.19. The number of piperidine rings is 1. The average Bonchev–Trinajstić information content (AvgIpc) is 3.25. The van der Waals surface area contributed by atoms with Crippen LogP contribution in [0, 0.1) is 0 Å². The van der Waals surface area contributed by atoms with Crippen molar-refractivity contribution in [3.63, 3.8) is 0 Å². The topological polar surface area (TPSA) is 84.9 Å². The van der Waals surface area contributed by atoms with Crippen molar-refractivity contribution in [2.24, 2.45) is 0 Å². The van der Waals surface area contributed by atoms with Crippen LogP contribution < -0.4 is 14.8 Å². The van der Waals surface area contributed by atoms with Crippen molar-refractivity contribution in [1.82, 2.24) is 9.62 Å². The lowest BCUT2D eigenvalue weighted by Crippen LogP contribution is -2.51. The van der Waals surface area contributed by atoms with E-state index in [1.165, 1.54) is 0 Å². The van der Waals surface area contributed by atoms with E-state index in [0.29, 0.717) is 44.9 Å². The molecule has 1 saturated heterocycles. The molecular formula is C21H30N2O5S. The lowest BCUT2D eigenvalue weighted by molar-refractivity contribution is -0.127. The number of hydrogen-bond acceptors (Lipinski definition) is 5. The summed E-state index contributed by atoms with van der Waals surface area (Å²) in [7, 11) is -3.16. The Bertz CT molecular complexity index is 856. The molecule has 1 saturated carbocycles. The Morgan fingerprint density at radius 3 is 2.45 bits per heavy atom. The zero-order valence-corrected chi connectivity index (χ0v) is 17.8. The van der Waals surface area contributed by atoms with E-state index in [0.717, 1.165) is 37.0 Å². The van der Waals surface area contributed by atoms with Gasteiger partial charge in [0, 0.05) is 19.1 Å².